The average molecular weight is 377 g/mol. The van der Waals surface area contributed by atoms with Gasteiger partial charge in [-0.1, -0.05) is 30.3 Å². The number of aromatic nitrogens is 4. The van der Waals surface area contributed by atoms with Gasteiger partial charge in [0.15, 0.2) is 11.5 Å². The van der Waals surface area contributed by atoms with Gasteiger partial charge in [-0.05, 0) is 12.5 Å². The van der Waals surface area contributed by atoms with Crippen LogP contribution in [0.5, 0.6) is 0 Å². The fraction of sp³-hybridized carbons (Fsp3) is 0.312. The molecule has 0 bridgehead atoms. The highest BCUT2D eigenvalue weighted by Gasteiger charge is 2.22. The molecular formula is C16H20N5O4P. The van der Waals surface area contributed by atoms with E-state index in [4.69, 9.17) is 15.0 Å². The Morgan fingerprint density at radius 1 is 1.27 bits per heavy atom. The Morgan fingerprint density at radius 3 is 2.81 bits per heavy atom. The third-order valence-corrected chi connectivity index (χ3v) is 4.69. The van der Waals surface area contributed by atoms with Crippen molar-refractivity contribution >= 4 is 24.6 Å². The number of fused-ring (bicyclic) bond motifs is 1. The van der Waals surface area contributed by atoms with E-state index in [1.165, 1.54) is 6.33 Å². The Labute approximate surface area is 150 Å². The van der Waals surface area contributed by atoms with Crippen LogP contribution in [0.3, 0.4) is 0 Å². The number of ether oxygens (including phenoxy) is 1. The van der Waals surface area contributed by atoms with Crippen LogP contribution in [-0.4, -0.2) is 36.9 Å². The number of anilines is 1. The van der Waals surface area contributed by atoms with Gasteiger partial charge in [0.05, 0.1) is 25.6 Å². The topological polar surface area (TPSA) is 125 Å². The maximum absolute atomic E-state index is 12.1. The number of hydrogen-bond acceptors (Lipinski definition) is 7. The van der Waals surface area contributed by atoms with Crippen molar-refractivity contribution in [1.82, 2.24) is 19.5 Å². The van der Waals surface area contributed by atoms with Gasteiger partial charge in [-0.25, -0.2) is 15.0 Å². The molecule has 0 aliphatic heterocycles. The molecule has 1 aromatic carbocycles. The zero-order valence-corrected chi connectivity index (χ0v) is 15.1. The van der Waals surface area contributed by atoms with Crippen LogP contribution in [0.25, 0.3) is 11.2 Å². The lowest BCUT2D eigenvalue weighted by atomic mass is 10.2. The maximum atomic E-state index is 12.1. The molecule has 0 amide bonds. The van der Waals surface area contributed by atoms with E-state index in [0.29, 0.717) is 23.5 Å². The second-order valence-electron chi connectivity index (χ2n) is 5.83. The minimum absolute atomic E-state index is 0.0503. The van der Waals surface area contributed by atoms with Crippen LogP contribution in [0.4, 0.5) is 5.82 Å². The van der Waals surface area contributed by atoms with Crippen molar-refractivity contribution in [2.45, 2.75) is 26.2 Å². The molecule has 0 aliphatic rings. The Hall–Kier alpha value is -2.32. The first-order chi connectivity index (χ1) is 12.4. The van der Waals surface area contributed by atoms with E-state index in [2.05, 4.69) is 15.0 Å². The molecule has 0 aliphatic carbocycles. The van der Waals surface area contributed by atoms with Crippen LogP contribution in [0.15, 0.2) is 43.0 Å². The van der Waals surface area contributed by atoms with E-state index in [1.807, 2.05) is 30.3 Å². The molecule has 2 heterocycles. The lowest BCUT2D eigenvalue weighted by molar-refractivity contribution is 0.0708. The summed E-state index contributed by atoms with van der Waals surface area (Å²) >= 11 is 0. The van der Waals surface area contributed by atoms with Crippen molar-refractivity contribution < 1.29 is 18.7 Å². The molecule has 2 aromatic heterocycles. The molecular weight excluding hydrogens is 357 g/mol. The van der Waals surface area contributed by atoms with Crippen molar-refractivity contribution in [3.05, 3.63) is 48.5 Å². The summed E-state index contributed by atoms with van der Waals surface area (Å²) in [5.74, 6) is 0.302. The smallest absolute Gasteiger partial charge is 0.353 e. The van der Waals surface area contributed by atoms with Crippen molar-refractivity contribution in [2.24, 2.45) is 0 Å². The minimum Gasteiger partial charge on any atom is -0.382 e. The molecule has 3 aromatic rings. The molecule has 26 heavy (non-hydrogen) atoms. The molecule has 2 unspecified atom stereocenters. The van der Waals surface area contributed by atoms with Gasteiger partial charge in [0.2, 0.25) is 0 Å². The summed E-state index contributed by atoms with van der Waals surface area (Å²) in [5, 5.41) is 0. The van der Waals surface area contributed by atoms with Crippen LogP contribution in [-0.2, 0) is 27.0 Å². The first-order valence-electron chi connectivity index (χ1n) is 7.98. The summed E-state index contributed by atoms with van der Waals surface area (Å²) in [6.07, 6.45) is 2.19. The van der Waals surface area contributed by atoms with Crippen LogP contribution in [0.2, 0.25) is 0 Å². The Morgan fingerprint density at radius 2 is 2.04 bits per heavy atom. The Kier molecular flexibility index (Phi) is 5.63. The van der Waals surface area contributed by atoms with Crippen molar-refractivity contribution in [1.29, 1.82) is 0 Å². The predicted octanol–water partition coefficient (Wildman–Crippen LogP) is 2.17. The van der Waals surface area contributed by atoms with E-state index in [0.717, 1.165) is 5.56 Å². The quantitative estimate of drug-likeness (QED) is 0.572. The monoisotopic (exact) mass is 377 g/mol. The fourth-order valence-corrected chi connectivity index (χ4v) is 3.24. The summed E-state index contributed by atoms with van der Waals surface area (Å²) < 4.78 is 24.5. The van der Waals surface area contributed by atoms with Crippen LogP contribution in [0.1, 0.15) is 12.5 Å². The molecule has 3 rings (SSSR count). The van der Waals surface area contributed by atoms with Gasteiger partial charge >= 0.3 is 7.60 Å². The number of rotatable bonds is 8. The summed E-state index contributed by atoms with van der Waals surface area (Å²) in [7, 11) is -3.85. The van der Waals surface area contributed by atoms with Crippen molar-refractivity contribution in [3.8, 4) is 0 Å². The fourth-order valence-electron chi connectivity index (χ4n) is 2.37. The third-order valence-electron chi connectivity index (χ3n) is 3.68. The number of nitrogens with zero attached hydrogens (tertiary/aromatic N) is 4. The molecule has 10 heteroatoms. The van der Waals surface area contributed by atoms with Crippen LogP contribution >= 0.6 is 7.60 Å². The molecule has 0 saturated heterocycles. The van der Waals surface area contributed by atoms with E-state index in [-0.39, 0.29) is 12.7 Å². The number of nitrogen functional groups attached to an aromatic ring is 1. The highest BCUT2D eigenvalue weighted by Crippen LogP contribution is 2.43. The van der Waals surface area contributed by atoms with Gasteiger partial charge < -0.3 is 24.5 Å². The first kappa shape index (κ1) is 18.5. The standard InChI is InChI=1S/C16H20N5O4P/c1-12(7-21-10-20-14-15(17)18-9-19-16(14)21)24-11-26(22,23)25-8-13-5-3-2-4-6-13/h2-6,9-10,12H,7-8,11H2,1H3,(H,22,23)(H2,17,18,19). The van der Waals surface area contributed by atoms with Crippen molar-refractivity contribution in [3.63, 3.8) is 0 Å². The SMILES string of the molecule is CC(Cn1cnc2c(N)ncnc21)OCP(=O)(O)OCc1ccccc1. The molecule has 0 saturated carbocycles. The van der Waals surface area contributed by atoms with Gasteiger partial charge in [0.25, 0.3) is 0 Å². The second-order valence-corrected chi connectivity index (χ2v) is 7.62. The maximum Gasteiger partial charge on any atom is 0.353 e. The molecule has 3 N–H and O–H groups in total. The molecule has 0 fully saturated rings. The summed E-state index contributed by atoms with van der Waals surface area (Å²) in [6, 6.07) is 9.18. The lowest BCUT2D eigenvalue weighted by Crippen LogP contribution is -2.17. The number of nitrogens with two attached hydrogens (primary N) is 1. The van der Waals surface area contributed by atoms with E-state index in [9.17, 15) is 9.46 Å². The van der Waals surface area contributed by atoms with Crippen LogP contribution in [0, 0.1) is 0 Å². The third kappa shape index (κ3) is 4.64. The largest absolute Gasteiger partial charge is 0.382 e. The molecule has 9 nitrogen and oxygen atoms in total. The Bertz CT molecular complexity index is 917. The van der Waals surface area contributed by atoms with Gasteiger partial charge in [0, 0.05) is 0 Å². The van der Waals surface area contributed by atoms with Gasteiger partial charge in [-0.3, -0.25) is 4.57 Å². The van der Waals surface area contributed by atoms with E-state index >= 15 is 0 Å². The lowest BCUT2D eigenvalue weighted by Gasteiger charge is -2.17. The zero-order valence-electron chi connectivity index (χ0n) is 14.2. The summed E-state index contributed by atoms with van der Waals surface area (Å²) in [6.45, 7) is 2.23. The number of hydrogen-bond donors (Lipinski definition) is 2. The summed E-state index contributed by atoms with van der Waals surface area (Å²) in [4.78, 5) is 22.1. The number of imidazole rings is 1. The van der Waals surface area contributed by atoms with E-state index in [1.54, 1.807) is 17.8 Å². The molecule has 138 valence electrons. The zero-order chi connectivity index (χ0) is 18.6. The van der Waals surface area contributed by atoms with E-state index < -0.39 is 13.9 Å². The molecule has 2 atom stereocenters. The van der Waals surface area contributed by atoms with Gasteiger partial charge in [-0.15, -0.1) is 0 Å². The number of benzene rings is 1. The highest BCUT2D eigenvalue weighted by molar-refractivity contribution is 7.52. The predicted molar refractivity (Wildman–Crippen MR) is 96.2 cm³/mol. The highest BCUT2D eigenvalue weighted by atomic mass is 31.2. The van der Waals surface area contributed by atoms with Gasteiger partial charge in [-0.2, -0.15) is 0 Å². The molecule has 0 radical (unpaired) electrons. The minimum atomic E-state index is -3.85. The summed E-state index contributed by atoms with van der Waals surface area (Å²) in [5.41, 5.74) is 7.67. The van der Waals surface area contributed by atoms with Gasteiger partial charge in [0.1, 0.15) is 18.2 Å². The van der Waals surface area contributed by atoms with Crippen molar-refractivity contribution in [2.75, 3.05) is 12.1 Å². The second kappa shape index (κ2) is 7.92. The molecule has 0 spiro atoms. The first-order valence-corrected chi connectivity index (χ1v) is 9.74. The average Bonchev–Trinajstić information content (AvgIpc) is 3.04. The normalized spacial score (nSPS) is 15.0. The van der Waals surface area contributed by atoms with Crippen LogP contribution < -0.4 is 5.73 Å². The Balaban J connectivity index is 1.53.